The van der Waals surface area contributed by atoms with Gasteiger partial charge in [0.2, 0.25) is 0 Å². The summed E-state index contributed by atoms with van der Waals surface area (Å²) in [5.41, 5.74) is 5.42. The van der Waals surface area contributed by atoms with E-state index < -0.39 is 6.10 Å². The van der Waals surface area contributed by atoms with Gasteiger partial charge >= 0.3 is 5.97 Å². The number of rotatable bonds is 2. The van der Waals surface area contributed by atoms with Crippen LogP contribution in [0.1, 0.15) is 12.8 Å². The molecule has 1 aliphatic rings. The molecule has 0 unspecified atom stereocenters. The Hall–Kier alpha value is -0.320. The fourth-order valence-electron chi connectivity index (χ4n) is 1.72. The normalized spacial score (nSPS) is 32.4. The number of ether oxygens (including phenoxy) is 1. The summed E-state index contributed by atoms with van der Waals surface area (Å²) in [5, 5.41) is 9.42. The average Bonchev–Trinajstić information content (AvgIpc) is 2.45. The number of nitrogens with two attached hydrogens (primary N) is 1. The Bertz CT molecular complexity index is 177. The molecular formula is C8H16ClNO3. The number of esters is 1. The summed E-state index contributed by atoms with van der Waals surface area (Å²) in [4.78, 5) is 11.0. The minimum Gasteiger partial charge on any atom is -0.469 e. The van der Waals surface area contributed by atoms with Gasteiger partial charge in [0.05, 0.1) is 19.1 Å². The second-order valence-electron chi connectivity index (χ2n) is 3.25. The topological polar surface area (TPSA) is 72.5 Å². The van der Waals surface area contributed by atoms with Crippen molar-refractivity contribution in [1.82, 2.24) is 0 Å². The van der Waals surface area contributed by atoms with Crippen molar-refractivity contribution in [2.45, 2.75) is 18.9 Å². The number of halogens is 1. The third-order valence-corrected chi connectivity index (χ3v) is 2.49. The summed E-state index contributed by atoms with van der Waals surface area (Å²) in [6.07, 6.45) is 0.720. The summed E-state index contributed by atoms with van der Waals surface area (Å²) in [7, 11) is 1.37. The van der Waals surface area contributed by atoms with E-state index in [1.165, 1.54) is 7.11 Å². The summed E-state index contributed by atoms with van der Waals surface area (Å²) < 4.78 is 4.58. The molecule has 0 radical (unpaired) electrons. The molecule has 0 aliphatic heterocycles. The van der Waals surface area contributed by atoms with Gasteiger partial charge in [0.15, 0.2) is 0 Å². The standard InChI is InChI=1S/C8H15NO3.ClH/c1-12-8(11)5-2-6(4-9)7(10)3-5;/h5-7,10H,2-4,9H2,1H3;1H/t5-,6+,7+;/m0./s1. The molecule has 3 atom stereocenters. The lowest BCUT2D eigenvalue weighted by Crippen LogP contribution is -2.21. The van der Waals surface area contributed by atoms with Gasteiger partial charge < -0.3 is 15.6 Å². The van der Waals surface area contributed by atoms with Crippen LogP contribution in [-0.2, 0) is 9.53 Å². The van der Waals surface area contributed by atoms with Crippen molar-refractivity contribution in [3.63, 3.8) is 0 Å². The Morgan fingerprint density at radius 1 is 1.62 bits per heavy atom. The van der Waals surface area contributed by atoms with Gasteiger partial charge in [0, 0.05) is 0 Å². The van der Waals surface area contributed by atoms with Gasteiger partial charge in [0.1, 0.15) is 0 Å². The van der Waals surface area contributed by atoms with E-state index in [0.717, 1.165) is 0 Å². The minimum atomic E-state index is -0.431. The van der Waals surface area contributed by atoms with Crippen LogP contribution in [-0.4, -0.2) is 30.8 Å². The molecule has 4 nitrogen and oxygen atoms in total. The van der Waals surface area contributed by atoms with E-state index in [1.54, 1.807) is 0 Å². The van der Waals surface area contributed by atoms with Crippen LogP contribution in [0.3, 0.4) is 0 Å². The molecule has 3 N–H and O–H groups in total. The van der Waals surface area contributed by atoms with E-state index in [9.17, 15) is 9.90 Å². The highest BCUT2D eigenvalue weighted by molar-refractivity contribution is 5.85. The number of aliphatic hydroxyl groups excluding tert-OH is 1. The second-order valence-corrected chi connectivity index (χ2v) is 3.25. The molecule has 0 amide bonds. The molecule has 13 heavy (non-hydrogen) atoms. The molecule has 1 saturated carbocycles. The summed E-state index contributed by atoms with van der Waals surface area (Å²) in [6, 6.07) is 0. The van der Waals surface area contributed by atoms with Gasteiger partial charge in [-0.25, -0.2) is 0 Å². The van der Waals surface area contributed by atoms with Crippen LogP contribution in [0.4, 0.5) is 0 Å². The van der Waals surface area contributed by atoms with E-state index in [-0.39, 0.29) is 30.2 Å². The molecular weight excluding hydrogens is 194 g/mol. The number of aliphatic hydroxyl groups is 1. The van der Waals surface area contributed by atoms with Gasteiger partial charge in [-0.15, -0.1) is 12.4 Å². The zero-order chi connectivity index (χ0) is 9.14. The number of hydrogen-bond donors (Lipinski definition) is 2. The van der Waals surface area contributed by atoms with Crippen molar-refractivity contribution < 1.29 is 14.6 Å². The Morgan fingerprint density at radius 2 is 2.23 bits per heavy atom. The Balaban J connectivity index is 0.00000144. The fourth-order valence-corrected chi connectivity index (χ4v) is 1.72. The zero-order valence-electron chi connectivity index (χ0n) is 7.60. The molecule has 0 spiro atoms. The van der Waals surface area contributed by atoms with Crippen LogP contribution in [0.5, 0.6) is 0 Å². The van der Waals surface area contributed by atoms with Gasteiger partial charge in [0.25, 0.3) is 0 Å². The van der Waals surface area contributed by atoms with E-state index in [0.29, 0.717) is 19.4 Å². The van der Waals surface area contributed by atoms with Crippen LogP contribution in [0.15, 0.2) is 0 Å². The highest BCUT2D eigenvalue weighted by Crippen LogP contribution is 2.31. The molecule has 5 heteroatoms. The second kappa shape index (κ2) is 5.42. The van der Waals surface area contributed by atoms with E-state index in [2.05, 4.69) is 4.74 Å². The predicted molar refractivity (Wildman–Crippen MR) is 50.5 cm³/mol. The highest BCUT2D eigenvalue weighted by atomic mass is 35.5. The number of methoxy groups -OCH3 is 1. The van der Waals surface area contributed by atoms with E-state index >= 15 is 0 Å². The number of carbonyl (C=O) groups excluding carboxylic acids is 1. The first-order chi connectivity index (χ1) is 5.69. The molecule has 0 aromatic rings. The minimum absolute atomic E-state index is 0. The quantitative estimate of drug-likeness (QED) is 0.625. The molecule has 0 saturated heterocycles. The summed E-state index contributed by atoms with van der Waals surface area (Å²) in [5.74, 6) is -0.322. The molecule has 78 valence electrons. The average molecular weight is 210 g/mol. The monoisotopic (exact) mass is 209 g/mol. The molecule has 1 fully saturated rings. The van der Waals surface area contributed by atoms with Crippen molar-refractivity contribution in [2.75, 3.05) is 13.7 Å². The Kier molecular flexibility index (Phi) is 5.29. The maximum Gasteiger partial charge on any atom is 0.308 e. The van der Waals surface area contributed by atoms with Gasteiger partial charge in [-0.1, -0.05) is 0 Å². The summed E-state index contributed by atoms with van der Waals surface area (Å²) in [6.45, 7) is 0.439. The van der Waals surface area contributed by atoms with Crippen LogP contribution < -0.4 is 5.73 Å². The largest absolute Gasteiger partial charge is 0.469 e. The van der Waals surface area contributed by atoms with Crippen molar-refractivity contribution in [1.29, 1.82) is 0 Å². The first-order valence-electron chi connectivity index (χ1n) is 4.15. The van der Waals surface area contributed by atoms with E-state index in [1.807, 2.05) is 0 Å². The van der Waals surface area contributed by atoms with E-state index in [4.69, 9.17) is 5.73 Å². The lowest BCUT2D eigenvalue weighted by molar-refractivity contribution is -0.145. The van der Waals surface area contributed by atoms with Crippen molar-refractivity contribution in [2.24, 2.45) is 17.6 Å². The highest BCUT2D eigenvalue weighted by Gasteiger charge is 2.36. The van der Waals surface area contributed by atoms with Crippen LogP contribution >= 0.6 is 12.4 Å². The van der Waals surface area contributed by atoms with Crippen LogP contribution in [0, 0.1) is 11.8 Å². The van der Waals surface area contributed by atoms with Crippen LogP contribution in [0.25, 0.3) is 0 Å². The molecule has 1 rings (SSSR count). The smallest absolute Gasteiger partial charge is 0.308 e. The van der Waals surface area contributed by atoms with Crippen molar-refractivity contribution >= 4 is 18.4 Å². The lowest BCUT2D eigenvalue weighted by atomic mass is 10.1. The van der Waals surface area contributed by atoms with Gasteiger partial charge in [-0.3, -0.25) is 4.79 Å². The van der Waals surface area contributed by atoms with Gasteiger partial charge in [-0.05, 0) is 25.3 Å². The van der Waals surface area contributed by atoms with Crippen LogP contribution in [0.2, 0.25) is 0 Å². The maximum atomic E-state index is 11.0. The number of hydrogen-bond acceptors (Lipinski definition) is 4. The third kappa shape index (κ3) is 2.83. The molecule has 0 aromatic heterocycles. The Morgan fingerprint density at radius 3 is 2.62 bits per heavy atom. The zero-order valence-corrected chi connectivity index (χ0v) is 8.42. The SMILES string of the molecule is COC(=O)[C@H]1C[C@H](CN)[C@H](O)C1.Cl. The molecule has 1 aliphatic carbocycles. The predicted octanol–water partition coefficient (Wildman–Crippen LogP) is -0.0730. The number of carbonyl (C=O) groups is 1. The van der Waals surface area contributed by atoms with Crippen molar-refractivity contribution in [3.8, 4) is 0 Å². The molecule has 0 aromatic carbocycles. The van der Waals surface area contributed by atoms with Gasteiger partial charge in [-0.2, -0.15) is 0 Å². The first kappa shape index (κ1) is 12.7. The Labute approximate surface area is 83.9 Å². The fraction of sp³-hybridized carbons (Fsp3) is 0.875. The first-order valence-corrected chi connectivity index (χ1v) is 4.15. The molecule has 0 bridgehead atoms. The molecule has 0 heterocycles. The lowest BCUT2D eigenvalue weighted by Gasteiger charge is -2.09. The van der Waals surface area contributed by atoms with Crippen molar-refractivity contribution in [3.05, 3.63) is 0 Å². The summed E-state index contributed by atoms with van der Waals surface area (Å²) >= 11 is 0. The third-order valence-electron chi connectivity index (χ3n) is 2.49. The maximum absolute atomic E-state index is 11.0.